The van der Waals surface area contributed by atoms with E-state index in [0.717, 1.165) is 5.69 Å². The van der Waals surface area contributed by atoms with Crippen LogP contribution in [0.1, 0.15) is 5.69 Å². The van der Waals surface area contributed by atoms with Gasteiger partial charge in [-0.25, -0.2) is 9.98 Å². The molecule has 0 radical (unpaired) electrons. The molecule has 4 heteroatoms. The van der Waals surface area contributed by atoms with E-state index >= 15 is 0 Å². The molecule has 13 heavy (non-hydrogen) atoms. The average molecular weight is 172 g/mol. The summed E-state index contributed by atoms with van der Waals surface area (Å²) in [6, 6.07) is 0. The molecule has 1 aliphatic rings. The summed E-state index contributed by atoms with van der Waals surface area (Å²) in [6.07, 6.45) is 12.2. The summed E-state index contributed by atoms with van der Waals surface area (Å²) >= 11 is 0. The zero-order chi connectivity index (χ0) is 8.93. The van der Waals surface area contributed by atoms with E-state index in [0.29, 0.717) is 5.84 Å². The summed E-state index contributed by atoms with van der Waals surface area (Å²) in [7, 11) is 0. The number of rotatable bonds is 1. The smallest absolute Gasteiger partial charge is 0.157 e. The first-order chi connectivity index (χ1) is 6.47. The SMILES string of the molecule is C1=CN=C(c2cnccn2)NC=C1. The minimum atomic E-state index is 0.707. The maximum Gasteiger partial charge on any atom is 0.157 e. The number of nitrogens with zero attached hydrogens (tertiary/aromatic N) is 3. The lowest BCUT2D eigenvalue weighted by Crippen LogP contribution is -2.19. The molecule has 0 aromatic carbocycles. The lowest BCUT2D eigenvalue weighted by Gasteiger charge is -2.01. The second-order valence-electron chi connectivity index (χ2n) is 2.41. The van der Waals surface area contributed by atoms with Crippen molar-refractivity contribution >= 4 is 5.84 Å². The third-order valence-corrected chi connectivity index (χ3v) is 1.52. The maximum atomic E-state index is 4.15. The molecule has 2 rings (SSSR count). The Balaban J connectivity index is 2.32. The molecule has 0 unspecified atom stereocenters. The molecular formula is C9H8N4. The predicted octanol–water partition coefficient (Wildman–Crippen LogP) is 0.854. The van der Waals surface area contributed by atoms with Crippen molar-refractivity contribution in [3.8, 4) is 0 Å². The van der Waals surface area contributed by atoms with E-state index in [-0.39, 0.29) is 0 Å². The molecule has 1 aromatic rings. The molecule has 0 aliphatic carbocycles. The molecule has 1 aromatic heterocycles. The number of aliphatic imine (C=N–C) groups is 1. The van der Waals surface area contributed by atoms with Crippen LogP contribution in [0.2, 0.25) is 0 Å². The second-order valence-corrected chi connectivity index (χ2v) is 2.41. The molecule has 0 fully saturated rings. The van der Waals surface area contributed by atoms with E-state index in [1.165, 1.54) is 0 Å². The fourth-order valence-corrected chi connectivity index (χ4v) is 0.949. The lowest BCUT2D eigenvalue weighted by molar-refractivity contribution is 1.14. The molecule has 64 valence electrons. The van der Waals surface area contributed by atoms with Crippen LogP contribution >= 0.6 is 0 Å². The molecule has 2 heterocycles. The Hall–Kier alpha value is -1.97. The van der Waals surface area contributed by atoms with Gasteiger partial charge in [0, 0.05) is 24.8 Å². The van der Waals surface area contributed by atoms with Gasteiger partial charge < -0.3 is 5.32 Å². The predicted molar refractivity (Wildman–Crippen MR) is 50.0 cm³/mol. The van der Waals surface area contributed by atoms with Gasteiger partial charge in [0.15, 0.2) is 5.84 Å². The van der Waals surface area contributed by atoms with Crippen molar-refractivity contribution in [1.29, 1.82) is 0 Å². The molecular weight excluding hydrogens is 164 g/mol. The molecule has 0 bridgehead atoms. The Labute approximate surface area is 75.8 Å². The first kappa shape index (κ1) is 7.67. The summed E-state index contributed by atoms with van der Waals surface area (Å²) in [5.74, 6) is 0.707. The summed E-state index contributed by atoms with van der Waals surface area (Å²) < 4.78 is 0. The molecule has 4 nitrogen and oxygen atoms in total. The zero-order valence-electron chi connectivity index (χ0n) is 6.88. The molecule has 0 spiro atoms. The molecule has 0 atom stereocenters. The monoisotopic (exact) mass is 172 g/mol. The van der Waals surface area contributed by atoms with Crippen LogP contribution < -0.4 is 5.32 Å². The fraction of sp³-hybridized carbons (Fsp3) is 0. The van der Waals surface area contributed by atoms with Crippen LogP contribution in [-0.2, 0) is 0 Å². The number of hydrogen-bond acceptors (Lipinski definition) is 4. The molecule has 1 N–H and O–H groups in total. The van der Waals surface area contributed by atoms with Crippen molar-refractivity contribution in [2.75, 3.05) is 0 Å². The van der Waals surface area contributed by atoms with E-state index in [9.17, 15) is 0 Å². The molecule has 0 saturated heterocycles. The van der Waals surface area contributed by atoms with E-state index in [4.69, 9.17) is 0 Å². The Kier molecular flexibility index (Phi) is 2.14. The van der Waals surface area contributed by atoms with Crippen molar-refractivity contribution in [2.45, 2.75) is 0 Å². The van der Waals surface area contributed by atoms with Crippen LogP contribution in [0.25, 0.3) is 0 Å². The molecule has 1 aliphatic heterocycles. The summed E-state index contributed by atoms with van der Waals surface area (Å²) in [5, 5.41) is 3.00. The number of aromatic nitrogens is 2. The van der Waals surface area contributed by atoms with Crippen LogP contribution in [0.3, 0.4) is 0 Å². The van der Waals surface area contributed by atoms with Gasteiger partial charge in [-0.1, -0.05) is 0 Å². The van der Waals surface area contributed by atoms with Crippen molar-refractivity contribution in [3.63, 3.8) is 0 Å². The topological polar surface area (TPSA) is 50.2 Å². The summed E-state index contributed by atoms with van der Waals surface area (Å²) in [5.41, 5.74) is 0.735. The fourth-order valence-electron chi connectivity index (χ4n) is 0.949. The second kappa shape index (κ2) is 3.62. The largest absolute Gasteiger partial charge is 0.345 e. The van der Waals surface area contributed by atoms with Crippen LogP contribution in [0.4, 0.5) is 0 Å². The normalized spacial score (nSPS) is 14.6. The van der Waals surface area contributed by atoms with Crippen molar-refractivity contribution in [2.24, 2.45) is 4.99 Å². The zero-order valence-corrected chi connectivity index (χ0v) is 6.88. The Morgan fingerprint density at radius 3 is 3.00 bits per heavy atom. The summed E-state index contributed by atoms with van der Waals surface area (Å²) in [6.45, 7) is 0. The third-order valence-electron chi connectivity index (χ3n) is 1.52. The van der Waals surface area contributed by atoms with Gasteiger partial charge in [-0.2, -0.15) is 0 Å². The number of allylic oxidation sites excluding steroid dienone is 2. The van der Waals surface area contributed by atoms with Gasteiger partial charge in [0.2, 0.25) is 0 Å². The van der Waals surface area contributed by atoms with Crippen molar-refractivity contribution in [1.82, 2.24) is 15.3 Å². The highest BCUT2D eigenvalue weighted by atomic mass is 15.0. The standard InChI is InChI=1S/C9H8N4/c1-2-4-13-9(12-3-1)8-7-10-5-6-11-8/h1-7H,(H,12,13). The Bertz CT molecular complexity index is 364. The maximum absolute atomic E-state index is 4.15. The van der Waals surface area contributed by atoms with E-state index < -0.39 is 0 Å². The van der Waals surface area contributed by atoms with Gasteiger partial charge in [-0.15, -0.1) is 0 Å². The minimum Gasteiger partial charge on any atom is -0.345 e. The van der Waals surface area contributed by atoms with Gasteiger partial charge in [0.1, 0.15) is 5.69 Å². The number of hydrogen-bond donors (Lipinski definition) is 1. The highest BCUT2D eigenvalue weighted by Crippen LogP contribution is 1.95. The quantitative estimate of drug-likeness (QED) is 0.683. The third kappa shape index (κ3) is 1.79. The first-order valence-corrected chi connectivity index (χ1v) is 3.89. The van der Waals surface area contributed by atoms with E-state index in [1.807, 2.05) is 12.2 Å². The van der Waals surface area contributed by atoms with Crippen LogP contribution in [0.5, 0.6) is 0 Å². The lowest BCUT2D eigenvalue weighted by atomic mass is 10.4. The van der Waals surface area contributed by atoms with Gasteiger partial charge in [-0.3, -0.25) is 4.98 Å². The molecule has 0 amide bonds. The van der Waals surface area contributed by atoms with Gasteiger partial charge in [-0.05, 0) is 12.2 Å². The van der Waals surface area contributed by atoms with Crippen molar-refractivity contribution < 1.29 is 0 Å². The van der Waals surface area contributed by atoms with Crippen molar-refractivity contribution in [3.05, 3.63) is 48.8 Å². The van der Waals surface area contributed by atoms with Gasteiger partial charge in [0.25, 0.3) is 0 Å². The Morgan fingerprint density at radius 1 is 1.15 bits per heavy atom. The minimum absolute atomic E-state index is 0.707. The van der Waals surface area contributed by atoms with Crippen LogP contribution in [-0.4, -0.2) is 15.8 Å². The highest BCUT2D eigenvalue weighted by Gasteiger charge is 2.01. The first-order valence-electron chi connectivity index (χ1n) is 3.89. The van der Waals surface area contributed by atoms with Gasteiger partial charge in [0.05, 0.1) is 6.20 Å². The highest BCUT2D eigenvalue weighted by molar-refractivity contribution is 5.97. The number of amidine groups is 1. The van der Waals surface area contributed by atoms with Gasteiger partial charge >= 0.3 is 0 Å². The Morgan fingerprint density at radius 2 is 2.15 bits per heavy atom. The van der Waals surface area contributed by atoms with Crippen LogP contribution in [0.15, 0.2) is 48.1 Å². The summed E-state index contributed by atoms with van der Waals surface area (Å²) in [4.78, 5) is 12.2. The van der Waals surface area contributed by atoms with E-state index in [1.54, 1.807) is 31.0 Å². The molecule has 0 saturated carbocycles. The van der Waals surface area contributed by atoms with Crippen LogP contribution in [0, 0.1) is 0 Å². The average Bonchev–Trinajstić information content (AvgIpc) is 2.47. The number of nitrogens with one attached hydrogen (secondary N) is 1. The van der Waals surface area contributed by atoms with E-state index in [2.05, 4.69) is 20.3 Å².